The standard InChI is InChI=1S/C10H18N4O3S/c1-7-6-17-9(3-11)5-14(7)18(15,16)10-4-12-8(2)13-10/h4,7,9H,3,5-6,11H2,1-2H3,(H,12,13). The average Bonchev–Trinajstić information content (AvgIpc) is 2.77. The van der Waals surface area contributed by atoms with Gasteiger partial charge in [-0.2, -0.15) is 4.31 Å². The normalized spacial score (nSPS) is 26.4. The molecule has 2 atom stereocenters. The highest BCUT2D eigenvalue weighted by Crippen LogP contribution is 2.20. The summed E-state index contributed by atoms with van der Waals surface area (Å²) in [4.78, 5) is 6.68. The number of aryl methyl sites for hydroxylation is 1. The van der Waals surface area contributed by atoms with E-state index in [9.17, 15) is 8.42 Å². The zero-order chi connectivity index (χ0) is 13.3. The summed E-state index contributed by atoms with van der Waals surface area (Å²) in [6, 6.07) is -0.207. The molecule has 1 fully saturated rings. The number of rotatable bonds is 3. The van der Waals surface area contributed by atoms with Gasteiger partial charge in [0.1, 0.15) is 5.82 Å². The highest BCUT2D eigenvalue weighted by atomic mass is 32.2. The van der Waals surface area contributed by atoms with Crippen LogP contribution in [0.15, 0.2) is 11.2 Å². The van der Waals surface area contributed by atoms with E-state index in [1.807, 2.05) is 6.92 Å². The van der Waals surface area contributed by atoms with Crippen LogP contribution in [0.1, 0.15) is 12.7 Å². The third-order valence-electron chi connectivity index (χ3n) is 2.98. The lowest BCUT2D eigenvalue weighted by molar-refractivity contribution is -0.0220. The highest BCUT2D eigenvalue weighted by Gasteiger charge is 2.35. The van der Waals surface area contributed by atoms with Crippen molar-refractivity contribution in [3.63, 3.8) is 0 Å². The minimum absolute atomic E-state index is 0.115. The van der Waals surface area contributed by atoms with Crippen LogP contribution in [0.25, 0.3) is 0 Å². The molecular weight excluding hydrogens is 256 g/mol. The summed E-state index contributed by atoms with van der Waals surface area (Å²) in [6.45, 7) is 4.46. The molecule has 7 nitrogen and oxygen atoms in total. The number of nitrogens with zero attached hydrogens (tertiary/aromatic N) is 2. The number of nitrogens with one attached hydrogen (secondary N) is 1. The second-order valence-corrected chi connectivity index (χ2v) is 6.31. The molecule has 0 bridgehead atoms. The van der Waals surface area contributed by atoms with E-state index in [1.54, 1.807) is 6.92 Å². The van der Waals surface area contributed by atoms with Crippen molar-refractivity contribution in [3.8, 4) is 0 Å². The SMILES string of the molecule is Cc1ncc(S(=O)(=O)N2CC(CN)OCC2C)[nH]1. The molecule has 0 aromatic carbocycles. The van der Waals surface area contributed by atoms with E-state index >= 15 is 0 Å². The van der Waals surface area contributed by atoms with Crippen molar-refractivity contribution in [2.45, 2.75) is 31.0 Å². The van der Waals surface area contributed by atoms with Crippen LogP contribution in [0.2, 0.25) is 0 Å². The average molecular weight is 274 g/mol. The molecule has 2 rings (SSSR count). The molecule has 0 amide bonds. The van der Waals surface area contributed by atoms with Gasteiger partial charge in [0.05, 0.1) is 18.9 Å². The maximum atomic E-state index is 12.4. The maximum Gasteiger partial charge on any atom is 0.260 e. The van der Waals surface area contributed by atoms with Gasteiger partial charge in [0.15, 0.2) is 5.03 Å². The van der Waals surface area contributed by atoms with Crippen LogP contribution in [0.3, 0.4) is 0 Å². The number of aromatic amines is 1. The number of ether oxygens (including phenoxy) is 1. The molecule has 2 unspecified atom stereocenters. The van der Waals surface area contributed by atoms with Crippen LogP contribution < -0.4 is 5.73 Å². The van der Waals surface area contributed by atoms with E-state index in [-0.39, 0.29) is 23.7 Å². The fourth-order valence-electron chi connectivity index (χ4n) is 1.93. The highest BCUT2D eigenvalue weighted by molar-refractivity contribution is 7.89. The molecule has 0 saturated carbocycles. The Labute approximate surface area is 106 Å². The molecule has 1 aliphatic heterocycles. The Morgan fingerprint density at radius 2 is 2.39 bits per heavy atom. The van der Waals surface area contributed by atoms with Crippen LogP contribution in [0.4, 0.5) is 0 Å². The van der Waals surface area contributed by atoms with Gasteiger partial charge in [0.25, 0.3) is 10.0 Å². The van der Waals surface area contributed by atoms with Crippen molar-refractivity contribution >= 4 is 10.0 Å². The summed E-state index contributed by atoms with van der Waals surface area (Å²) < 4.78 is 31.7. The van der Waals surface area contributed by atoms with Gasteiger partial charge >= 0.3 is 0 Å². The van der Waals surface area contributed by atoms with Crippen LogP contribution in [-0.2, 0) is 14.8 Å². The van der Waals surface area contributed by atoms with Crippen LogP contribution in [0.5, 0.6) is 0 Å². The molecule has 1 aromatic heterocycles. The zero-order valence-corrected chi connectivity index (χ0v) is 11.3. The van der Waals surface area contributed by atoms with E-state index in [0.717, 1.165) is 0 Å². The number of H-pyrrole nitrogens is 1. The predicted octanol–water partition coefficient (Wildman–Crippen LogP) is -0.545. The first kappa shape index (κ1) is 13.5. The molecule has 2 heterocycles. The van der Waals surface area contributed by atoms with E-state index in [4.69, 9.17) is 10.5 Å². The van der Waals surface area contributed by atoms with E-state index in [2.05, 4.69) is 9.97 Å². The predicted molar refractivity (Wildman–Crippen MR) is 65.5 cm³/mol. The van der Waals surface area contributed by atoms with Gasteiger partial charge in [-0.3, -0.25) is 0 Å². The summed E-state index contributed by atoms with van der Waals surface area (Å²) >= 11 is 0. The Hall–Kier alpha value is -0.960. The van der Waals surface area contributed by atoms with E-state index in [0.29, 0.717) is 19.0 Å². The second kappa shape index (κ2) is 4.96. The molecule has 102 valence electrons. The molecule has 8 heteroatoms. The van der Waals surface area contributed by atoms with Crippen molar-refractivity contribution in [2.24, 2.45) is 5.73 Å². The van der Waals surface area contributed by atoms with Gasteiger partial charge in [0.2, 0.25) is 0 Å². The Bertz CT molecular complexity index is 513. The van der Waals surface area contributed by atoms with Crippen molar-refractivity contribution in [3.05, 3.63) is 12.0 Å². The smallest absolute Gasteiger partial charge is 0.260 e. The minimum atomic E-state index is -3.55. The fourth-order valence-corrected chi connectivity index (χ4v) is 3.54. The molecule has 1 aromatic rings. The van der Waals surface area contributed by atoms with E-state index < -0.39 is 10.0 Å². The number of morpholine rings is 1. The van der Waals surface area contributed by atoms with E-state index in [1.165, 1.54) is 10.5 Å². The molecule has 0 aliphatic carbocycles. The second-order valence-electron chi connectivity index (χ2n) is 4.45. The van der Waals surface area contributed by atoms with Crippen molar-refractivity contribution in [2.75, 3.05) is 19.7 Å². The minimum Gasteiger partial charge on any atom is -0.374 e. The third kappa shape index (κ3) is 2.41. The van der Waals surface area contributed by atoms with Gasteiger partial charge in [0, 0.05) is 19.1 Å². The number of hydrogen-bond acceptors (Lipinski definition) is 5. The van der Waals surface area contributed by atoms with Gasteiger partial charge in [-0.05, 0) is 13.8 Å². The Balaban J connectivity index is 2.28. The number of nitrogens with two attached hydrogens (primary N) is 1. The summed E-state index contributed by atoms with van der Waals surface area (Å²) in [5, 5.41) is 0.115. The van der Waals surface area contributed by atoms with Gasteiger partial charge in [-0.25, -0.2) is 13.4 Å². The molecule has 3 N–H and O–H groups in total. The first-order valence-electron chi connectivity index (χ1n) is 5.80. The number of aromatic nitrogens is 2. The Kier molecular flexibility index (Phi) is 3.71. The lowest BCUT2D eigenvalue weighted by atomic mass is 10.2. The number of hydrogen-bond donors (Lipinski definition) is 2. The molecule has 0 radical (unpaired) electrons. The topological polar surface area (TPSA) is 101 Å². The van der Waals surface area contributed by atoms with Crippen LogP contribution in [0, 0.1) is 6.92 Å². The molecule has 0 spiro atoms. The maximum absolute atomic E-state index is 12.4. The van der Waals surface area contributed by atoms with Gasteiger partial charge in [-0.1, -0.05) is 0 Å². The van der Waals surface area contributed by atoms with Gasteiger partial charge in [-0.15, -0.1) is 0 Å². The lowest BCUT2D eigenvalue weighted by Crippen LogP contribution is -2.52. The Morgan fingerprint density at radius 3 is 2.94 bits per heavy atom. The zero-order valence-electron chi connectivity index (χ0n) is 10.5. The van der Waals surface area contributed by atoms with Crippen molar-refractivity contribution in [1.29, 1.82) is 0 Å². The number of imidazole rings is 1. The third-order valence-corrected chi connectivity index (χ3v) is 4.87. The summed E-state index contributed by atoms with van der Waals surface area (Å²) in [5.41, 5.74) is 5.53. The Morgan fingerprint density at radius 1 is 1.67 bits per heavy atom. The molecular formula is C10H18N4O3S. The monoisotopic (exact) mass is 274 g/mol. The fraction of sp³-hybridized carbons (Fsp3) is 0.700. The molecule has 18 heavy (non-hydrogen) atoms. The lowest BCUT2D eigenvalue weighted by Gasteiger charge is -2.36. The molecule has 1 saturated heterocycles. The quantitative estimate of drug-likeness (QED) is 0.770. The first-order chi connectivity index (χ1) is 8.45. The van der Waals surface area contributed by atoms with Gasteiger partial charge < -0.3 is 15.5 Å². The van der Waals surface area contributed by atoms with Crippen molar-refractivity contribution in [1.82, 2.24) is 14.3 Å². The summed E-state index contributed by atoms with van der Waals surface area (Å²) in [5.74, 6) is 0.574. The van der Waals surface area contributed by atoms with Crippen LogP contribution >= 0.6 is 0 Å². The van der Waals surface area contributed by atoms with Crippen LogP contribution in [-0.4, -0.2) is 54.5 Å². The largest absolute Gasteiger partial charge is 0.374 e. The summed E-state index contributed by atoms with van der Waals surface area (Å²) in [6.07, 6.45) is 1.09. The number of sulfonamides is 1. The molecule has 1 aliphatic rings. The first-order valence-corrected chi connectivity index (χ1v) is 7.24. The van der Waals surface area contributed by atoms with Crippen molar-refractivity contribution < 1.29 is 13.2 Å². The summed E-state index contributed by atoms with van der Waals surface area (Å²) in [7, 11) is -3.55.